The van der Waals surface area contributed by atoms with E-state index in [2.05, 4.69) is 6.58 Å². The van der Waals surface area contributed by atoms with Gasteiger partial charge in [0.1, 0.15) is 5.57 Å². The smallest absolute Gasteiger partial charge is 0.338 e. The third-order valence-electron chi connectivity index (χ3n) is 1.81. The summed E-state index contributed by atoms with van der Waals surface area (Å²) in [5, 5.41) is 29.8. The molecule has 1 N–H and O–H groups in total. The molecule has 0 saturated carbocycles. The predicted molar refractivity (Wildman–Crippen MR) is 57.2 cm³/mol. The lowest BCUT2D eigenvalue weighted by Gasteiger charge is -1.98. The molecule has 0 unspecified atom stereocenters. The number of hydrogen-bond donors (Lipinski definition) is 1. The highest BCUT2D eigenvalue weighted by atomic mass is 16.6. The highest BCUT2D eigenvalue weighted by Gasteiger charge is 2.23. The van der Waals surface area contributed by atoms with Gasteiger partial charge < -0.3 is 5.11 Å². The van der Waals surface area contributed by atoms with Gasteiger partial charge in [-0.2, -0.15) is 0 Å². The van der Waals surface area contributed by atoms with E-state index >= 15 is 0 Å². The summed E-state index contributed by atoms with van der Waals surface area (Å²) in [6, 6.07) is 0. The van der Waals surface area contributed by atoms with E-state index in [1.54, 1.807) is 0 Å². The molecule has 0 aliphatic carbocycles. The van der Waals surface area contributed by atoms with Crippen LogP contribution in [-0.4, -0.2) is 20.9 Å². The fourth-order valence-corrected chi connectivity index (χ4v) is 0.869. The minimum absolute atomic E-state index is 0.00691. The predicted octanol–water partition coefficient (Wildman–Crippen LogP) is 1.36. The Morgan fingerprint density at radius 1 is 1.24 bits per heavy atom. The summed E-state index contributed by atoms with van der Waals surface area (Å²) in [6.45, 7) is 5.58. The summed E-state index contributed by atoms with van der Waals surface area (Å²) in [7, 11) is 0. The van der Waals surface area contributed by atoms with Crippen molar-refractivity contribution in [3.8, 4) is 0 Å². The molecular formula is C9H10N2O6. The van der Waals surface area contributed by atoms with E-state index in [1.165, 1.54) is 6.92 Å². The first kappa shape index (κ1) is 14.5. The van der Waals surface area contributed by atoms with Crippen LogP contribution < -0.4 is 0 Å². The van der Waals surface area contributed by atoms with Crippen molar-refractivity contribution >= 4 is 5.97 Å². The lowest BCUT2D eigenvalue weighted by molar-refractivity contribution is -0.432. The zero-order chi connectivity index (χ0) is 13.7. The fourth-order valence-electron chi connectivity index (χ4n) is 0.869. The molecule has 0 aliphatic rings. The number of nitro groups is 2. The molecule has 0 bridgehead atoms. The summed E-state index contributed by atoms with van der Waals surface area (Å²) in [6.07, 6.45) is 0.589. The van der Waals surface area contributed by atoms with Crippen LogP contribution in [0, 0.1) is 20.2 Å². The number of carboxylic acid groups (broad SMARTS) is 1. The van der Waals surface area contributed by atoms with Crippen molar-refractivity contribution in [2.45, 2.75) is 13.8 Å². The second-order valence-corrected chi connectivity index (χ2v) is 3.14. The fraction of sp³-hybridized carbons (Fsp3) is 0.222. The Balaban J connectivity index is 5.85. The average molecular weight is 242 g/mol. The average Bonchev–Trinajstić information content (AvgIpc) is 2.15. The molecule has 8 nitrogen and oxygen atoms in total. The Hall–Kier alpha value is -2.51. The quantitative estimate of drug-likeness (QED) is 0.336. The van der Waals surface area contributed by atoms with Gasteiger partial charge in [0.15, 0.2) is 0 Å². The summed E-state index contributed by atoms with van der Waals surface area (Å²) >= 11 is 0. The van der Waals surface area contributed by atoms with Crippen molar-refractivity contribution in [3.63, 3.8) is 0 Å². The molecular weight excluding hydrogens is 232 g/mol. The summed E-state index contributed by atoms with van der Waals surface area (Å²) in [5.74, 6) is -1.52. The molecule has 0 aromatic rings. The SMILES string of the molecule is C=C(C)/C(=C\C(=C(/C)C(=O)O)[N+](=O)[O-])[N+](=O)[O-]. The van der Waals surface area contributed by atoms with Gasteiger partial charge in [-0.25, -0.2) is 4.79 Å². The maximum Gasteiger partial charge on any atom is 0.338 e. The van der Waals surface area contributed by atoms with Crippen LogP contribution in [0.5, 0.6) is 0 Å². The van der Waals surface area contributed by atoms with Gasteiger partial charge in [0.05, 0.1) is 15.9 Å². The van der Waals surface area contributed by atoms with E-state index in [0.717, 1.165) is 6.92 Å². The van der Waals surface area contributed by atoms with Crippen LogP contribution in [0.1, 0.15) is 13.8 Å². The van der Waals surface area contributed by atoms with Crippen LogP contribution in [0.4, 0.5) is 0 Å². The van der Waals surface area contributed by atoms with E-state index in [9.17, 15) is 25.0 Å². The molecule has 0 aromatic carbocycles. The van der Waals surface area contributed by atoms with E-state index < -0.39 is 32.8 Å². The number of hydrogen-bond acceptors (Lipinski definition) is 5. The van der Waals surface area contributed by atoms with Crippen LogP contribution >= 0.6 is 0 Å². The van der Waals surface area contributed by atoms with Crippen LogP contribution in [0.2, 0.25) is 0 Å². The number of carboxylic acids is 1. The van der Waals surface area contributed by atoms with Crippen molar-refractivity contribution in [2.24, 2.45) is 0 Å². The zero-order valence-electron chi connectivity index (χ0n) is 9.17. The van der Waals surface area contributed by atoms with Crippen molar-refractivity contribution < 1.29 is 19.7 Å². The molecule has 0 amide bonds. The van der Waals surface area contributed by atoms with E-state index in [0.29, 0.717) is 6.08 Å². The van der Waals surface area contributed by atoms with Gasteiger partial charge in [0, 0.05) is 5.57 Å². The minimum Gasteiger partial charge on any atom is -0.478 e. The van der Waals surface area contributed by atoms with Gasteiger partial charge in [-0.15, -0.1) is 0 Å². The standard InChI is InChI=1S/C9H10N2O6/c1-5(2)7(10(14)15)4-8(11(16)17)6(3)9(12)13/h4H,1H2,2-3H3,(H,12,13)/b7-4+,8-6-. The Bertz CT molecular complexity index is 444. The van der Waals surface area contributed by atoms with E-state index in [4.69, 9.17) is 5.11 Å². The summed E-state index contributed by atoms with van der Waals surface area (Å²) < 4.78 is 0. The van der Waals surface area contributed by atoms with Gasteiger partial charge in [-0.05, 0) is 13.8 Å². The Kier molecular flexibility index (Phi) is 4.72. The van der Waals surface area contributed by atoms with Crippen molar-refractivity contribution in [1.29, 1.82) is 0 Å². The largest absolute Gasteiger partial charge is 0.478 e. The Morgan fingerprint density at radius 2 is 1.71 bits per heavy atom. The molecule has 0 radical (unpaired) electrons. The molecule has 0 fully saturated rings. The lowest BCUT2D eigenvalue weighted by atomic mass is 10.1. The molecule has 0 rings (SSSR count). The van der Waals surface area contributed by atoms with Crippen LogP contribution in [-0.2, 0) is 4.79 Å². The monoisotopic (exact) mass is 242 g/mol. The van der Waals surface area contributed by atoms with E-state index in [1.807, 2.05) is 0 Å². The third kappa shape index (κ3) is 3.86. The molecule has 0 atom stereocenters. The van der Waals surface area contributed by atoms with Gasteiger partial charge in [-0.1, -0.05) is 6.58 Å². The maximum atomic E-state index is 10.6. The first-order valence-corrected chi connectivity index (χ1v) is 4.29. The Labute approximate surface area is 95.9 Å². The van der Waals surface area contributed by atoms with Crippen LogP contribution in [0.25, 0.3) is 0 Å². The molecule has 0 saturated heterocycles. The van der Waals surface area contributed by atoms with Crippen LogP contribution in [0.3, 0.4) is 0 Å². The molecule has 0 aromatic heterocycles. The highest BCUT2D eigenvalue weighted by Crippen LogP contribution is 2.15. The van der Waals surface area contributed by atoms with Gasteiger partial charge >= 0.3 is 5.97 Å². The maximum absolute atomic E-state index is 10.6. The van der Waals surface area contributed by atoms with Crippen molar-refractivity contribution in [3.05, 3.63) is 55.4 Å². The normalized spacial score (nSPS) is 12.7. The Morgan fingerprint density at radius 3 is 1.94 bits per heavy atom. The second kappa shape index (κ2) is 5.54. The number of allylic oxidation sites excluding steroid dienone is 2. The summed E-state index contributed by atoms with van der Waals surface area (Å²) in [4.78, 5) is 29.9. The van der Waals surface area contributed by atoms with Crippen molar-refractivity contribution in [2.75, 3.05) is 0 Å². The second-order valence-electron chi connectivity index (χ2n) is 3.14. The highest BCUT2D eigenvalue weighted by molar-refractivity contribution is 5.86. The molecule has 0 aliphatic heterocycles. The molecule has 8 heteroatoms. The number of rotatable bonds is 5. The topological polar surface area (TPSA) is 124 Å². The first-order valence-electron chi connectivity index (χ1n) is 4.29. The minimum atomic E-state index is -1.52. The zero-order valence-corrected chi connectivity index (χ0v) is 9.17. The molecule has 0 heterocycles. The number of aliphatic carboxylic acids is 1. The van der Waals surface area contributed by atoms with Gasteiger partial charge in [0.2, 0.25) is 0 Å². The summed E-state index contributed by atoms with van der Waals surface area (Å²) in [5.41, 5.74) is -2.03. The number of carbonyl (C=O) groups is 1. The third-order valence-corrected chi connectivity index (χ3v) is 1.81. The van der Waals surface area contributed by atoms with Gasteiger partial charge in [-0.3, -0.25) is 20.2 Å². The van der Waals surface area contributed by atoms with Crippen molar-refractivity contribution in [1.82, 2.24) is 0 Å². The first-order chi connectivity index (χ1) is 7.68. The molecule has 0 spiro atoms. The molecule has 17 heavy (non-hydrogen) atoms. The lowest BCUT2D eigenvalue weighted by Crippen LogP contribution is -2.09. The number of nitrogens with zero attached hydrogens (tertiary/aromatic N) is 2. The van der Waals surface area contributed by atoms with Gasteiger partial charge in [0.25, 0.3) is 11.4 Å². The van der Waals surface area contributed by atoms with E-state index in [-0.39, 0.29) is 5.57 Å². The molecule has 92 valence electrons. The van der Waals surface area contributed by atoms with Crippen LogP contribution in [0.15, 0.2) is 35.2 Å².